The molecule has 0 saturated heterocycles. The summed E-state index contributed by atoms with van der Waals surface area (Å²) in [6.45, 7) is 6.54. The smallest absolute Gasteiger partial charge is 0.306 e. The first-order valence-corrected chi connectivity index (χ1v) is 34.1. The zero-order valence-electron chi connectivity index (χ0n) is 52.4. The number of carbonyl (C=O) groups is 3. The van der Waals surface area contributed by atoms with Crippen LogP contribution in [0.15, 0.2) is 85.1 Å². The summed E-state index contributed by atoms with van der Waals surface area (Å²) in [4.78, 5) is 38.4. The monoisotopic (exact) mass is 1100 g/mol. The van der Waals surface area contributed by atoms with Crippen LogP contribution < -0.4 is 0 Å². The Hall–Kier alpha value is -3.41. The molecule has 0 aromatic carbocycles. The van der Waals surface area contributed by atoms with Crippen LogP contribution in [-0.2, 0) is 28.6 Å². The Morgan fingerprint density at radius 1 is 0.266 bits per heavy atom. The zero-order valence-corrected chi connectivity index (χ0v) is 52.4. The Morgan fingerprint density at radius 2 is 0.494 bits per heavy atom. The van der Waals surface area contributed by atoms with Gasteiger partial charge in [0.15, 0.2) is 6.10 Å². The number of hydrogen-bond donors (Lipinski definition) is 0. The van der Waals surface area contributed by atoms with Gasteiger partial charge in [0.1, 0.15) is 13.2 Å². The standard InChI is InChI=1S/C73H128O6/c1-4-7-10-13-16-19-22-25-28-31-33-34-35-36-37-38-39-40-41-43-45-48-51-54-57-60-63-66-72(75)78-69-70(68-77-71(74)65-62-59-56-53-50-47-44-30-27-24-21-18-15-12-9-6-3)79-73(76)67-64-61-58-55-52-49-46-42-32-29-26-23-20-17-14-11-8-5-2/h7,10,16,19,21,24-25,28-30,32-34,44,70H,4-6,8-9,11-15,17-18,20,22-23,26-27,31,35-43,45-69H2,1-3H3/b10-7-,19-16-,24-21-,28-25-,32-29-,34-33-,44-30-. The summed E-state index contributed by atoms with van der Waals surface area (Å²) in [7, 11) is 0. The minimum atomic E-state index is -0.786. The van der Waals surface area contributed by atoms with Gasteiger partial charge in [0.25, 0.3) is 0 Å². The number of ether oxygens (including phenoxy) is 3. The first-order chi connectivity index (χ1) is 39.0. The summed E-state index contributed by atoms with van der Waals surface area (Å²) in [5.74, 6) is -0.883. The third-order valence-electron chi connectivity index (χ3n) is 14.9. The molecule has 0 aliphatic heterocycles. The summed E-state index contributed by atoms with van der Waals surface area (Å²) >= 11 is 0. The lowest BCUT2D eigenvalue weighted by Crippen LogP contribution is -2.30. The summed E-state index contributed by atoms with van der Waals surface area (Å²) < 4.78 is 17.0. The largest absolute Gasteiger partial charge is 0.462 e. The van der Waals surface area contributed by atoms with E-state index >= 15 is 0 Å². The van der Waals surface area contributed by atoms with Crippen LogP contribution >= 0.6 is 0 Å². The molecule has 6 heteroatoms. The number of carbonyl (C=O) groups excluding carboxylic acids is 3. The maximum Gasteiger partial charge on any atom is 0.306 e. The van der Waals surface area contributed by atoms with Crippen molar-refractivity contribution >= 4 is 17.9 Å². The van der Waals surface area contributed by atoms with E-state index in [2.05, 4.69) is 106 Å². The van der Waals surface area contributed by atoms with Crippen molar-refractivity contribution in [3.8, 4) is 0 Å². The van der Waals surface area contributed by atoms with E-state index in [0.29, 0.717) is 19.3 Å². The van der Waals surface area contributed by atoms with Gasteiger partial charge >= 0.3 is 17.9 Å². The predicted octanol–water partition coefficient (Wildman–Crippen LogP) is 23.4. The van der Waals surface area contributed by atoms with Crippen LogP contribution in [0.4, 0.5) is 0 Å². The lowest BCUT2D eigenvalue weighted by Gasteiger charge is -2.18. The third-order valence-corrected chi connectivity index (χ3v) is 14.9. The Morgan fingerprint density at radius 3 is 0.797 bits per heavy atom. The summed E-state index contributed by atoms with van der Waals surface area (Å²) in [5, 5.41) is 0. The van der Waals surface area contributed by atoms with Crippen LogP contribution in [-0.4, -0.2) is 37.2 Å². The second kappa shape index (κ2) is 67.1. The summed E-state index contributed by atoms with van der Waals surface area (Å²) in [5.41, 5.74) is 0. The third kappa shape index (κ3) is 65.3. The summed E-state index contributed by atoms with van der Waals surface area (Å²) in [6.07, 6.45) is 88.8. The minimum absolute atomic E-state index is 0.0807. The molecule has 0 radical (unpaired) electrons. The normalized spacial score (nSPS) is 12.6. The number of hydrogen-bond acceptors (Lipinski definition) is 6. The summed E-state index contributed by atoms with van der Waals surface area (Å²) in [6, 6.07) is 0. The number of allylic oxidation sites excluding steroid dienone is 14. The molecule has 1 atom stereocenters. The van der Waals surface area contributed by atoms with Gasteiger partial charge in [0.05, 0.1) is 0 Å². The molecule has 0 saturated carbocycles. The second-order valence-corrected chi connectivity index (χ2v) is 22.7. The SMILES string of the molecule is CC/C=C\C/C=C\C/C=C\C/C=C\CCCCCCCCCCCCCCCCC(=O)OCC(COC(=O)CCCCCCC/C=C\C/C=C\CCCCCC)OC(=O)CCCCCCCCC/C=C\CCCCCCCCC. The van der Waals surface area contributed by atoms with Crippen molar-refractivity contribution in [2.45, 2.75) is 348 Å². The molecule has 0 rings (SSSR count). The molecule has 6 nitrogen and oxygen atoms in total. The van der Waals surface area contributed by atoms with Gasteiger partial charge in [-0.1, -0.05) is 292 Å². The van der Waals surface area contributed by atoms with Crippen LogP contribution in [0.25, 0.3) is 0 Å². The first-order valence-electron chi connectivity index (χ1n) is 34.1. The van der Waals surface area contributed by atoms with Crippen molar-refractivity contribution in [2.75, 3.05) is 13.2 Å². The van der Waals surface area contributed by atoms with E-state index in [-0.39, 0.29) is 31.1 Å². The molecule has 0 N–H and O–H groups in total. The Kier molecular flexibility index (Phi) is 64.2. The number of unbranched alkanes of at least 4 members (excludes halogenated alkanes) is 37. The van der Waals surface area contributed by atoms with Gasteiger partial charge in [-0.15, -0.1) is 0 Å². The molecular weight excluding hydrogens is 973 g/mol. The lowest BCUT2D eigenvalue weighted by molar-refractivity contribution is -0.167. The zero-order chi connectivity index (χ0) is 57.1. The fourth-order valence-electron chi connectivity index (χ4n) is 9.76. The average molecular weight is 1100 g/mol. The molecule has 1 unspecified atom stereocenters. The maximum absolute atomic E-state index is 12.9. The van der Waals surface area contributed by atoms with E-state index in [0.717, 1.165) is 103 Å². The van der Waals surface area contributed by atoms with Crippen molar-refractivity contribution in [2.24, 2.45) is 0 Å². The highest BCUT2D eigenvalue weighted by Crippen LogP contribution is 2.17. The van der Waals surface area contributed by atoms with E-state index in [9.17, 15) is 14.4 Å². The molecular formula is C73H128O6. The van der Waals surface area contributed by atoms with Crippen molar-refractivity contribution < 1.29 is 28.6 Å². The van der Waals surface area contributed by atoms with Gasteiger partial charge < -0.3 is 14.2 Å². The van der Waals surface area contributed by atoms with Crippen molar-refractivity contribution in [1.29, 1.82) is 0 Å². The average Bonchev–Trinajstić information content (AvgIpc) is 3.45. The molecule has 0 bridgehead atoms. The van der Waals surface area contributed by atoms with Crippen LogP contribution in [0.1, 0.15) is 342 Å². The molecule has 0 spiro atoms. The topological polar surface area (TPSA) is 78.9 Å². The van der Waals surface area contributed by atoms with Crippen molar-refractivity contribution in [3.63, 3.8) is 0 Å². The molecule has 0 amide bonds. The molecule has 0 heterocycles. The van der Waals surface area contributed by atoms with Gasteiger partial charge in [-0.2, -0.15) is 0 Å². The van der Waals surface area contributed by atoms with Crippen LogP contribution in [0.3, 0.4) is 0 Å². The molecule has 79 heavy (non-hydrogen) atoms. The van der Waals surface area contributed by atoms with Crippen LogP contribution in [0, 0.1) is 0 Å². The van der Waals surface area contributed by atoms with E-state index in [1.54, 1.807) is 0 Å². The van der Waals surface area contributed by atoms with E-state index in [1.807, 2.05) is 0 Å². The van der Waals surface area contributed by atoms with Crippen molar-refractivity contribution in [3.05, 3.63) is 85.1 Å². The number of esters is 3. The first kappa shape index (κ1) is 75.6. The van der Waals surface area contributed by atoms with Gasteiger partial charge in [0.2, 0.25) is 0 Å². The Labute approximate surface area is 490 Å². The quantitative estimate of drug-likeness (QED) is 0.0261. The van der Waals surface area contributed by atoms with Gasteiger partial charge in [-0.25, -0.2) is 0 Å². The molecule has 0 fully saturated rings. The van der Waals surface area contributed by atoms with Crippen LogP contribution in [0.5, 0.6) is 0 Å². The fraction of sp³-hybridized carbons (Fsp3) is 0.767. The Bertz CT molecular complexity index is 1500. The van der Waals surface area contributed by atoms with Crippen molar-refractivity contribution in [1.82, 2.24) is 0 Å². The molecule has 0 aromatic heterocycles. The predicted molar refractivity (Wildman–Crippen MR) is 344 cm³/mol. The van der Waals surface area contributed by atoms with E-state index < -0.39 is 6.10 Å². The van der Waals surface area contributed by atoms with Crippen LogP contribution in [0.2, 0.25) is 0 Å². The highest BCUT2D eigenvalue weighted by atomic mass is 16.6. The molecule has 0 aliphatic carbocycles. The molecule has 0 aliphatic rings. The number of rotatable bonds is 62. The van der Waals surface area contributed by atoms with E-state index in [1.165, 1.54) is 199 Å². The van der Waals surface area contributed by atoms with Gasteiger partial charge in [-0.3, -0.25) is 14.4 Å². The highest BCUT2D eigenvalue weighted by Gasteiger charge is 2.19. The second-order valence-electron chi connectivity index (χ2n) is 22.7. The highest BCUT2D eigenvalue weighted by molar-refractivity contribution is 5.71. The fourth-order valence-corrected chi connectivity index (χ4v) is 9.76. The van der Waals surface area contributed by atoms with Gasteiger partial charge in [0, 0.05) is 19.3 Å². The maximum atomic E-state index is 12.9. The molecule has 0 aromatic rings. The van der Waals surface area contributed by atoms with E-state index in [4.69, 9.17) is 14.2 Å². The Balaban J connectivity index is 4.31. The molecule has 456 valence electrons. The van der Waals surface area contributed by atoms with Gasteiger partial charge in [-0.05, 0) is 116 Å². The lowest BCUT2D eigenvalue weighted by atomic mass is 10.0. The minimum Gasteiger partial charge on any atom is -0.462 e.